The summed E-state index contributed by atoms with van der Waals surface area (Å²) in [5.74, 6) is -0.926. The topological polar surface area (TPSA) is 77.2 Å². The Morgan fingerprint density at radius 2 is 2.29 bits per heavy atom. The lowest BCUT2D eigenvalue weighted by atomic mass is 10.1. The van der Waals surface area contributed by atoms with E-state index in [0.717, 1.165) is 9.99 Å². The van der Waals surface area contributed by atoms with Crippen LogP contribution in [0.5, 0.6) is 0 Å². The second-order valence-electron chi connectivity index (χ2n) is 5.15. The predicted molar refractivity (Wildman–Crippen MR) is 84.8 cm³/mol. The van der Waals surface area contributed by atoms with Crippen LogP contribution < -0.4 is 0 Å². The maximum atomic E-state index is 10.8. The van der Waals surface area contributed by atoms with E-state index in [0.29, 0.717) is 17.4 Å². The van der Waals surface area contributed by atoms with Gasteiger partial charge in [0.05, 0.1) is 17.9 Å². The molecule has 0 atom stereocenters. The van der Waals surface area contributed by atoms with Gasteiger partial charge in [0.25, 0.3) is 0 Å². The normalized spacial score (nSPS) is 12.0. The highest BCUT2D eigenvalue weighted by Crippen LogP contribution is 2.31. The van der Waals surface area contributed by atoms with Gasteiger partial charge in [-0.25, -0.2) is 9.97 Å². The summed E-state index contributed by atoms with van der Waals surface area (Å²) in [6, 6.07) is 1.87. The molecule has 2 aromatic heterocycles. The molecule has 0 saturated heterocycles. The zero-order valence-corrected chi connectivity index (χ0v) is 14.4. The second-order valence-corrected chi connectivity index (χ2v) is 7.01. The molecule has 6 nitrogen and oxygen atoms in total. The molecule has 21 heavy (non-hydrogen) atoms. The lowest BCUT2D eigenvalue weighted by Crippen LogP contribution is -2.32. The smallest absolute Gasteiger partial charge is 0.313 e. The van der Waals surface area contributed by atoms with Crippen molar-refractivity contribution in [2.45, 2.75) is 24.5 Å². The Balaban J connectivity index is 2.56. The van der Waals surface area contributed by atoms with Gasteiger partial charge in [-0.3, -0.25) is 9.36 Å². The molecule has 0 fully saturated rings. The number of hydrogen-bond donors (Lipinski definition) is 1. The van der Waals surface area contributed by atoms with Crippen LogP contribution in [0.25, 0.3) is 11.2 Å². The number of carbonyl (C=O) groups is 1. The average Bonchev–Trinajstić information content (AvgIpc) is 2.74. The lowest BCUT2D eigenvalue weighted by Gasteiger charge is -2.27. The Morgan fingerprint density at radius 3 is 2.90 bits per heavy atom. The Hall–Kier alpha value is -1.12. The monoisotopic (exact) mass is 373 g/mol. The number of hydrogen-bond acceptors (Lipinski definition) is 5. The maximum absolute atomic E-state index is 10.8. The molecule has 0 radical (unpaired) electrons. The molecule has 0 saturated carbocycles. The Kier molecular flexibility index (Phi) is 4.90. The average molecular weight is 374 g/mol. The third-order valence-electron chi connectivity index (χ3n) is 2.86. The van der Waals surface area contributed by atoms with Crippen molar-refractivity contribution in [1.29, 1.82) is 0 Å². The number of aromatic nitrogens is 3. The number of carboxylic acids is 1. The Morgan fingerprint density at radius 1 is 1.57 bits per heavy atom. The fraction of sp³-hybridized carbons (Fsp3) is 0.462. The molecule has 0 aromatic carbocycles. The van der Waals surface area contributed by atoms with E-state index in [9.17, 15) is 4.79 Å². The van der Waals surface area contributed by atoms with E-state index in [1.165, 1.54) is 11.8 Å². The van der Waals surface area contributed by atoms with Crippen molar-refractivity contribution in [3.8, 4) is 0 Å². The van der Waals surface area contributed by atoms with Gasteiger partial charge in [-0.15, -0.1) is 0 Å². The zero-order chi connectivity index (χ0) is 15.6. The first-order valence-electron chi connectivity index (χ1n) is 6.23. The van der Waals surface area contributed by atoms with E-state index in [-0.39, 0.29) is 11.3 Å². The molecule has 0 aliphatic heterocycles. The first-order valence-corrected chi connectivity index (χ1v) is 8.01. The number of carboxylic acid groups (broad SMARTS) is 1. The molecule has 0 aliphatic rings. The van der Waals surface area contributed by atoms with Crippen molar-refractivity contribution < 1.29 is 14.6 Å². The van der Waals surface area contributed by atoms with Crippen molar-refractivity contribution in [3.05, 3.63) is 16.7 Å². The molecule has 2 aromatic rings. The number of thioether (sulfide) groups is 1. The second kappa shape index (κ2) is 6.33. The van der Waals surface area contributed by atoms with E-state index in [1.54, 1.807) is 13.3 Å². The number of imidazole rings is 1. The molecule has 0 bridgehead atoms. The van der Waals surface area contributed by atoms with Crippen LogP contribution in [0, 0.1) is 0 Å². The third-order valence-corrected chi connectivity index (χ3v) is 4.22. The first kappa shape index (κ1) is 16.3. The molecule has 114 valence electrons. The minimum absolute atomic E-state index is 0.0481. The highest BCUT2D eigenvalue weighted by atomic mass is 79.9. The number of fused-ring (bicyclic) bond motifs is 1. The number of aliphatic carboxylic acids is 1. The minimum Gasteiger partial charge on any atom is -0.481 e. The van der Waals surface area contributed by atoms with Crippen molar-refractivity contribution >= 4 is 44.8 Å². The highest BCUT2D eigenvalue weighted by Gasteiger charge is 2.27. The zero-order valence-electron chi connectivity index (χ0n) is 12.0. The van der Waals surface area contributed by atoms with Gasteiger partial charge in [0.2, 0.25) is 0 Å². The number of ether oxygens (including phenoxy) is 1. The third kappa shape index (κ3) is 3.56. The summed E-state index contributed by atoms with van der Waals surface area (Å²) in [7, 11) is 1.63. The molecular weight excluding hydrogens is 358 g/mol. The summed E-state index contributed by atoms with van der Waals surface area (Å²) in [5, 5.41) is 9.51. The van der Waals surface area contributed by atoms with Crippen LogP contribution in [0.3, 0.4) is 0 Å². The van der Waals surface area contributed by atoms with Crippen molar-refractivity contribution in [3.63, 3.8) is 0 Å². The molecule has 1 N–H and O–H groups in total. The Bertz CT molecular complexity index is 672. The number of rotatable bonds is 6. The summed E-state index contributed by atoms with van der Waals surface area (Å²) >= 11 is 4.55. The maximum Gasteiger partial charge on any atom is 0.313 e. The standard InChI is InChI=1S/C13H16BrN3O3S/c1-13(2,7-20-3)17-11-9(4-8(14)5-15-11)16-12(17)21-6-10(18)19/h4-5H,6-7H2,1-3H3,(H,18,19). The molecule has 0 spiro atoms. The molecule has 0 amide bonds. The largest absolute Gasteiger partial charge is 0.481 e. The SMILES string of the molecule is COCC(C)(C)n1c(SCC(=O)O)nc2cc(Br)cnc21. The van der Waals surface area contributed by atoms with Crippen LogP contribution in [0.15, 0.2) is 21.9 Å². The van der Waals surface area contributed by atoms with Gasteiger partial charge in [0.15, 0.2) is 10.8 Å². The molecule has 2 rings (SSSR count). The summed E-state index contributed by atoms with van der Waals surface area (Å²) < 4.78 is 8.04. The van der Waals surface area contributed by atoms with Gasteiger partial charge in [-0.05, 0) is 35.8 Å². The van der Waals surface area contributed by atoms with E-state index < -0.39 is 5.97 Å². The summed E-state index contributed by atoms with van der Waals surface area (Å²) in [5.41, 5.74) is 1.06. The highest BCUT2D eigenvalue weighted by molar-refractivity contribution is 9.10. The molecule has 0 unspecified atom stereocenters. The van der Waals surface area contributed by atoms with Gasteiger partial charge in [-0.1, -0.05) is 11.8 Å². The lowest BCUT2D eigenvalue weighted by molar-refractivity contribution is -0.133. The van der Waals surface area contributed by atoms with Crippen LogP contribution in [0.4, 0.5) is 0 Å². The minimum atomic E-state index is -0.878. The fourth-order valence-electron chi connectivity index (χ4n) is 2.11. The van der Waals surface area contributed by atoms with E-state index in [4.69, 9.17) is 9.84 Å². The van der Waals surface area contributed by atoms with Gasteiger partial charge < -0.3 is 9.84 Å². The summed E-state index contributed by atoms with van der Waals surface area (Å²) in [4.78, 5) is 19.7. The van der Waals surface area contributed by atoms with Gasteiger partial charge in [-0.2, -0.15) is 0 Å². The number of pyridine rings is 1. The van der Waals surface area contributed by atoms with Crippen molar-refractivity contribution in [2.24, 2.45) is 0 Å². The molecular formula is C13H16BrN3O3S. The first-order chi connectivity index (χ1) is 9.85. The number of methoxy groups -OCH3 is 1. The van der Waals surface area contributed by atoms with Crippen LogP contribution in [-0.4, -0.2) is 45.1 Å². The van der Waals surface area contributed by atoms with E-state index >= 15 is 0 Å². The molecule has 8 heteroatoms. The predicted octanol–water partition coefficient (Wildman–Crippen LogP) is 2.75. The van der Waals surface area contributed by atoms with Crippen LogP contribution in [-0.2, 0) is 15.1 Å². The Labute approximate surface area is 135 Å². The van der Waals surface area contributed by atoms with Crippen molar-refractivity contribution in [1.82, 2.24) is 14.5 Å². The van der Waals surface area contributed by atoms with E-state index in [2.05, 4.69) is 25.9 Å². The van der Waals surface area contributed by atoms with Crippen LogP contribution >= 0.6 is 27.7 Å². The molecule has 0 aliphatic carbocycles. The van der Waals surface area contributed by atoms with Crippen LogP contribution in [0.2, 0.25) is 0 Å². The van der Waals surface area contributed by atoms with Gasteiger partial charge in [0.1, 0.15) is 5.52 Å². The van der Waals surface area contributed by atoms with Gasteiger partial charge in [0, 0.05) is 17.8 Å². The van der Waals surface area contributed by atoms with Crippen LogP contribution in [0.1, 0.15) is 13.8 Å². The quantitative estimate of drug-likeness (QED) is 0.784. The fourth-order valence-corrected chi connectivity index (χ4v) is 3.30. The van der Waals surface area contributed by atoms with E-state index in [1.807, 2.05) is 24.5 Å². The molecule has 2 heterocycles. The number of halogens is 1. The number of nitrogens with zero attached hydrogens (tertiary/aromatic N) is 3. The van der Waals surface area contributed by atoms with Gasteiger partial charge >= 0.3 is 5.97 Å². The summed E-state index contributed by atoms with van der Waals surface area (Å²) in [6.07, 6.45) is 1.70. The summed E-state index contributed by atoms with van der Waals surface area (Å²) in [6.45, 7) is 4.48. The van der Waals surface area contributed by atoms with Crippen molar-refractivity contribution in [2.75, 3.05) is 19.5 Å².